The van der Waals surface area contributed by atoms with Crippen LogP contribution in [-0.2, 0) is 9.53 Å². The van der Waals surface area contributed by atoms with E-state index < -0.39 is 6.04 Å². The molecule has 0 heterocycles. The van der Waals surface area contributed by atoms with Gasteiger partial charge in [-0.25, -0.2) is 0 Å². The molecule has 16 heavy (non-hydrogen) atoms. The van der Waals surface area contributed by atoms with Crippen LogP contribution in [0, 0.1) is 11.3 Å². The highest BCUT2D eigenvalue weighted by Crippen LogP contribution is 2.48. The summed E-state index contributed by atoms with van der Waals surface area (Å²) in [6.07, 6.45) is 3.40. The summed E-state index contributed by atoms with van der Waals surface area (Å²) < 4.78 is 5.07. The molecule has 1 rings (SSSR count). The second-order valence-corrected chi connectivity index (χ2v) is 5.23. The molecule has 3 N–H and O–H groups in total. The Morgan fingerprint density at radius 1 is 1.50 bits per heavy atom. The van der Waals surface area contributed by atoms with E-state index in [-0.39, 0.29) is 11.8 Å². The highest BCUT2D eigenvalue weighted by Gasteiger charge is 2.42. The lowest BCUT2D eigenvalue weighted by Gasteiger charge is -2.19. The van der Waals surface area contributed by atoms with Crippen molar-refractivity contribution < 1.29 is 9.53 Å². The predicted molar refractivity (Wildman–Crippen MR) is 64.0 cm³/mol. The third-order valence-corrected chi connectivity index (χ3v) is 3.45. The maximum atomic E-state index is 11.7. The van der Waals surface area contributed by atoms with Crippen molar-refractivity contribution in [3.63, 3.8) is 0 Å². The Morgan fingerprint density at radius 3 is 2.56 bits per heavy atom. The van der Waals surface area contributed by atoms with Gasteiger partial charge in [-0.15, -0.1) is 0 Å². The van der Waals surface area contributed by atoms with E-state index in [4.69, 9.17) is 10.5 Å². The molecule has 0 aromatic heterocycles. The molecule has 0 bridgehead atoms. The zero-order valence-electron chi connectivity index (χ0n) is 10.6. The summed E-state index contributed by atoms with van der Waals surface area (Å²) in [5.41, 5.74) is 6.07. The first-order valence-electron chi connectivity index (χ1n) is 6.03. The average Bonchev–Trinajstić information content (AvgIpc) is 3.02. The molecule has 0 aromatic carbocycles. The Hall–Kier alpha value is -0.610. The maximum Gasteiger partial charge on any atom is 0.237 e. The normalized spacial score (nSPS) is 19.6. The van der Waals surface area contributed by atoms with Gasteiger partial charge in [-0.05, 0) is 30.6 Å². The van der Waals surface area contributed by atoms with Crippen molar-refractivity contribution >= 4 is 5.91 Å². The van der Waals surface area contributed by atoms with Crippen molar-refractivity contribution in [3.05, 3.63) is 0 Å². The molecule has 0 radical (unpaired) electrons. The minimum atomic E-state index is -0.391. The molecule has 0 spiro atoms. The van der Waals surface area contributed by atoms with Crippen LogP contribution in [0.25, 0.3) is 0 Å². The van der Waals surface area contributed by atoms with E-state index in [1.807, 2.05) is 13.8 Å². The van der Waals surface area contributed by atoms with E-state index in [0.29, 0.717) is 5.41 Å². The highest BCUT2D eigenvalue weighted by molar-refractivity contribution is 5.81. The number of rotatable bonds is 7. The number of methoxy groups -OCH3 is 1. The number of amides is 1. The quantitative estimate of drug-likeness (QED) is 0.680. The predicted octanol–water partition coefficient (Wildman–Crippen LogP) is 0.903. The molecule has 1 amide bonds. The second-order valence-electron chi connectivity index (χ2n) is 5.23. The van der Waals surface area contributed by atoms with Gasteiger partial charge in [-0.1, -0.05) is 13.8 Å². The van der Waals surface area contributed by atoms with Gasteiger partial charge >= 0.3 is 0 Å². The topological polar surface area (TPSA) is 64.3 Å². The monoisotopic (exact) mass is 228 g/mol. The Kier molecular flexibility index (Phi) is 4.74. The lowest BCUT2D eigenvalue weighted by atomic mass is 10.0. The van der Waals surface area contributed by atoms with Crippen molar-refractivity contribution in [3.8, 4) is 0 Å². The van der Waals surface area contributed by atoms with Gasteiger partial charge in [-0.3, -0.25) is 4.79 Å². The van der Waals surface area contributed by atoms with Crippen molar-refractivity contribution in [2.45, 2.75) is 39.2 Å². The molecule has 4 heteroatoms. The Balaban J connectivity index is 2.26. The molecule has 0 aliphatic heterocycles. The summed E-state index contributed by atoms with van der Waals surface area (Å²) in [5, 5.41) is 2.96. The zero-order valence-corrected chi connectivity index (χ0v) is 10.6. The van der Waals surface area contributed by atoms with E-state index in [1.165, 1.54) is 12.8 Å². The van der Waals surface area contributed by atoms with E-state index in [1.54, 1.807) is 7.11 Å². The fraction of sp³-hybridized carbons (Fsp3) is 0.917. The minimum Gasteiger partial charge on any atom is -0.385 e. The SMILES string of the molecule is COCCC1(CNC(=O)[C@@H](N)C(C)C)CC1. The van der Waals surface area contributed by atoms with Crippen LogP contribution in [0.1, 0.15) is 33.1 Å². The molecule has 4 nitrogen and oxygen atoms in total. The lowest BCUT2D eigenvalue weighted by molar-refractivity contribution is -0.123. The largest absolute Gasteiger partial charge is 0.385 e. The van der Waals surface area contributed by atoms with Gasteiger partial charge in [0.2, 0.25) is 5.91 Å². The second kappa shape index (κ2) is 5.64. The molecule has 1 fully saturated rings. The number of carbonyl (C=O) groups is 1. The summed E-state index contributed by atoms with van der Waals surface area (Å²) in [6, 6.07) is -0.391. The van der Waals surface area contributed by atoms with Gasteiger partial charge in [0, 0.05) is 20.3 Å². The molecule has 0 aromatic rings. The Bertz CT molecular complexity index is 237. The van der Waals surface area contributed by atoms with Crippen molar-refractivity contribution in [2.24, 2.45) is 17.1 Å². The lowest BCUT2D eigenvalue weighted by Crippen LogP contribution is -2.45. The summed E-state index contributed by atoms with van der Waals surface area (Å²) in [7, 11) is 1.71. The first-order valence-corrected chi connectivity index (χ1v) is 6.03. The van der Waals surface area contributed by atoms with Crippen LogP contribution in [0.3, 0.4) is 0 Å². The smallest absolute Gasteiger partial charge is 0.237 e. The molecule has 1 atom stereocenters. The number of ether oxygens (including phenoxy) is 1. The Morgan fingerprint density at radius 2 is 2.12 bits per heavy atom. The third kappa shape index (κ3) is 3.76. The molecule has 94 valence electrons. The summed E-state index contributed by atoms with van der Waals surface area (Å²) >= 11 is 0. The van der Waals surface area contributed by atoms with Crippen LogP contribution in [0.15, 0.2) is 0 Å². The zero-order chi connectivity index (χ0) is 12.2. The van der Waals surface area contributed by atoms with Crippen LogP contribution in [0.5, 0.6) is 0 Å². The van der Waals surface area contributed by atoms with E-state index >= 15 is 0 Å². The van der Waals surface area contributed by atoms with E-state index in [0.717, 1.165) is 19.6 Å². The van der Waals surface area contributed by atoms with Crippen LogP contribution in [-0.4, -0.2) is 32.2 Å². The summed E-state index contributed by atoms with van der Waals surface area (Å²) in [5.74, 6) is 0.160. The molecular formula is C12H24N2O2. The van der Waals surface area contributed by atoms with Gasteiger partial charge in [0.25, 0.3) is 0 Å². The molecule has 1 saturated carbocycles. The van der Waals surface area contributed by atoms with Crippen LogP contribution in [0.2, 0.25) is 0 Å². The van der Waals surface area contributed by atoms with E-state index in [9.17, 15) is 4.79 Å². The van der Waals surface area contributed by atoms with Crippen LogP contribution < -0.4 is 11.1 Å². The number of nitrogens with one attached hydrogen (secondary N) is 1. The summed E-state index contributed by atoms with van der Waals surface area (Å²) in [6.45, 7) is 5.44. The molecule has 1 aliphatic carbocycles. The van der Waals surface area contributed by atoms with Gasteiger partial charge in [-0.2, -0.15) is 0 Å². The third-order valence-electron chi connectivity index (χ3n) is 3.45. The standard InChI is InChI=1S/C12H24N2O2/c1-9(2)10(13)11(15)14-8-12(4-5-12)6-7-16-3/h9-10H,4-8,13H2,1-3H3,(H,14,15)/t10-/m0/s1. The minimum absolute atomic E-state index is 0.0290. The number of carbonyl (C=O) groups excluding carboxylic acids is 1. The number of hydrogen-bond donors (Lipinski definition) is 2. The maximum absolute atomic E-state index is 11.7. The van der Waals surface area contributed by atoms with Crippen molar-refractivity contribution in [2.75, 3.05) is 20.3 Å². The van der Waals surface area contributed by atoms with E-state index in [2.05, 4.69) is 5.32 Å². The fourth-order valence-corrected chi connectivity index (χ4v) is 1.71. The highest BCUT2D eigenvalue weighted by atomic mass is 16.5. The summed E-state index contributed by atoms with van der Waals surface area (Å²) in [4.78, 5) is 11.7. The average molecular weight is 228 g/mol. The van der Waals surface area contributed by atoms with Crippen molar-refractivity contribution in [1.29, 1.82) is 0 Å². The van der Waals surface area contributed by atoms with Crippen molar-refractivity contribution in [1.82, 2.24) is 5.32 Å². The molecular weight excluding hydrogens is 204 g/mol. The molecule has 0 saturated heterocycles. The van der Waals surface area contributed by atoms with Gasteiger partial charge < -0.3 is 15.8 Å². The molecule has 1 aliphatic rings. The fourth-order valence-electron chi connectivity index (χ4n) is 1.71. The van der Waals surface area contributed by atoms with Crippen LogP contribution >= 0.6 is 0 Å². The first kappa shape index (κ1) is 13.5. The number of nitrogens with two attached hydrogens (primary N) is 1. The first-order chi connectivity index (χ1) is 7.51. The Labute approximate surface area is 97.9 Å². The van der Waals surface area contributed by atoms with Gasteiger partial charge in [0.05, 0.1) is 6.04 Å². The van der Waals surface area contributed by atoms with Gasteiger partial charge in [0.15, 0.2) is 0 Å². The molecule has 0 unspecified atom stereocenters. The van der Waals surface area contributed by atoms with Crippen LogP contribution in [0.4, 0.5) is 0 Å². The number of hydrogen-bond acceptors (Lipinski definition) is 3. The van der Waals surface area contributed by atoms with Gasteiger partial charge in [0.1, 0.15) is 0 Å².